The Morgan fingerprint density at radius 3 is 2.95 bits per heavy atom. The molecule has 0 saturated heterocycles. The predicted octanol–water partition coefficient (Wildman–Crippen LogP) is 1.22. The van der Waals surface area contributed by atoms with E-state index in [0.717, 1.165) is 0 Å². The number of hydrogen-bond acceptors (Lipinski definition) is 5. The van der Waals surface area contributed by atoms with E-state index in [1.165, 1.54) is 12.3 Å². The summed E-state index contributed by atoms with van der Waals surface area (Å²) in [6.07, 6.45) is 3.55. The van der Waals surface area contributed by atoms with Gasteiger partial charge in [-0.3, -0.25) is 4.68 Å². The van der Waals surface area contributed by atoms with Crippen molar-refractivity contribution in [2.24, 2.45) is 7.05 Å². The molecule has 2 N–H and O–H groups in total. The van der Waals surface area contributed by atoms with E-state index in [-0.39, 0.29) is 10.6 Å². The zero-order valence-electron chi connectivity index (χ0n) is 10.2. The highest BCUT2D eigenvalue weighted by Crippen LogP contribution is 2.17. The number of nitrogens with zero attached hydrogens (tertiary/aromatic N) is 4. The Morgan fingerprint density at radius 1 is 1.53 bits per heavy atom. The number of nitrogens with one attached hydrogen (secondary N) is 1. The van der Waals surface area contributed by atoms with Crippen LogP contribution < -0.4 is 5.32 Å². The number of rotatable bonds is 5. The third kappa shape index (κ3) is 3.41. The van der Waals surface area contributed by atoms with Crippen LogP contribution in [0, 0.1) is 0 Å². The standard InChI is InChI=1S/C11H12ClN5O2/c1-17-6-15-9(16-17)2-3-13-10-4-7(11(18)19)8(12)5-14-10/h4-6H,2-3H2,1H3,(H,13,14)(H,18,19). The number of aromatic carboxylic acids is 1. The second kappa shape index (κ2) is 5.66. The molecule has 7 nitrogen and oxygen atoms in total. The molecule has 0 aliphatic carbocycles. The number of pyridine rings is 1. The first-order valence-electron chi connectivity index (χ1n) is 5.53. The van der Waals surface area contributed by atoms with Gasteiger partial charge >= 0.3 is 5.97 Å². The Bertz CT molecular complexity index is 599. The minimum atomic E-state index is -1.08. The Kier molecular flexibility index (Phi) is 3.96. The Labute approximate surface area is 114 Å². The van der Waals surface area contributed by atoms with E-state index in [4.69, 9.17) is 16.7 Å². The lowest BCUT2D eigenvalue weighted by Crippen LogP contribution is -2.09. The van der Waals surface area contributed by atoms with Gasteiger partial charge in [-0.1, -0.05) is 11.6 Å². The molecule has 0 aromatic carbocycles. The molecule has 100 valence electrons. The molecule has 0 spiro atoms. The van der Waals surface area contributed by atoms with Crippen LogP contribution in [0.3, 0.4) is 0 Å². The van der Waals surface area contributed by atoms with Crippen molar-refractivity contribution in [1.29, 1.82) is 0 Å². The minimum absolute atomic E-state index is 0.0233. The third-order valence-corrected chi connectivity index (χ3v) is 2.69. The van der Waals surface area contributed by atoms with Gasteiger partial charge in [0.15, 0.2) is 5.82 Å². The van der Waals surface area contributed by atoms with Crippen molar-refractivity contribution in [2.45, 2.75) is 6.42 Å². The molecule has 0 aliphatic heterocycles. The van der Waals surface area contributed by atoms with Crippen LogP contribution in [-0.2, 0) is 13.5 Å². The summed E-state index contributed by atoms with van der Waals surface area (Å²) in [6, 6.07) is 1.40. The van der Waals surface area contributed by atoms with Gasteiger partial charge in [-0.15, -0.1) is 0 Å². The van der Waals surface area contributed by atoms with Crippen LogP contribution in [0.5, 0.6) is 0 Å². The molecule has 0 fully saturated rings. The van der Waals surface area contributed by atoms with Gasteiger partial charge in [-0.25, -0.2) is 14.8 Å². The number of halogens is 1. The average molecular weight is 282 g/mol. The van der Waals surface area contributed by atoms with Crippen molar-refractivity contribution in [3.8, 4) is 0 Å². The normalized spacial score (nSPS) is 10.4. The van der Waals surface area contributed by atoms with Crippen LogP contribution in [0.4, 0.5) is 5.82 Å². The predicted molar refractivity (Wildman–Crippen MR) is 69.4 cm³/mol. The van der Waals surface area contributed by atoms with Crippen LogP contribution in [0.2, 0.25) is 5.02 Å². The maximum atomic E-state index is 10.9. The van der Waals surface area contributed by atoms with Crippen LogP contribution >= 0.6 is 11.6 Å². The number of aryl methyl sites for hydroxylation is 1. The first-order valence-corrected chi connectivity index (χ1v) is 5.91. The second-order valence-corrected chi connectivity index (χ2v) is 4.27. The quantitative estimate of drug-likeness (QED) is 0.856. The first kappa shape index (κ1) is 13.3. The van der Waals surface area contributed by atoms with Crippen LogP contribution in [0.15, 0.2) is 18.6 Å². The van der Waals surface area contributed by atoms with E-state index in [2.05, 4.69) is 20.4 Å². The van der Waals surface area contributed by atoms with Crippen LogP contribution in [0.25, 0.3) is 0 Å². The van der Waals surface area contributed by atoms with Crippen LogP contribution in [0.1, 0.15) is 16.2 Å². The van der Waals surface area contributed by atoms with Crippen molar-refractivity contribution in [1.82, 2.24) is 19.7 Å². The van der Waals surface area contributed by atoms with E-state index in [1.807, 2.05) is 0 Å². The SMILES string of the molecule is Cn1cnc(CCNc2cc(C(=O)O)c(Cl)cn2)n1. The van der Waals surface area contributed by atoms with Gasteiger partial charge in [0.1, 0.15) is 12.1 Å². The highest BCUT2D eigenvalue weighted by atomic mass is 35.5. The summed E-state index contributed by atoms with van der Waals surface area (Å²) in [5.41, 5.74) is 0.0233. The topological polar surface area (TPSA) is 92.9 Å². The van der Waals surface area contributed by atoms with Gasteiger partial charge in [0, 0.05) is 26.2 Å². The van der Waals surface area contributed by atoms with Gasteiger partial charge in [-0.05, 0) is 6.07 Å². The number of carboxylic acids is 1. The molecule has 0 amide bonds. The molecule has 0 aliphatic rings. The largest absolute Gasteiger partial charge is 0.478 e. The number of carbonyl (C=O) groups is 1. The molecule has 2 heterocycles. The van der Waals surface area contributed by atoms with E-state index >= 15 is 0 Å². The lowest BCUT2D eigenvalue weighted by Gasteiger charge is -2.05. The number of carboxylic acid groups (broad SMARTS) is 1. The molecule has 0 unspecified atom stereocenters. The molecule has 0 bridgehead atoms. The fraction of sp³-hybridized carbons (Fsp3) is 0.273. The molecule has 8 heteroatoms. The molecule has 19 heavy (non-hydrogen) atoms. The smallest absolute Gasteiger partial charge is 0.337 e. The van der Waals surface area contributed by atoms with Gasteiger partial charge in [0.25, 0.3) is 0 Å². The summed E-state index contributed by atoms with van der Waals surface area (Å²) >= 11 is 5.73. The summed E-state index contributed by atoms with van der Waals surface area (Å²) in [7, 11) is 1.80. The zero-order chi connectivity index (χ0) is 13.8. The first-order chi connectivity index (χ1) is 9.06. The van der Waals surface area contributed by atoms with Gasteiger partial charge in [-0.2, -0.15) is 5.10 Å². The van der Waals surface area contributed by atoms with Crippen molar-refractivity contribution < 1.29 is 9.90 Å². The summed E-state index contributed by atoms with van der Waals surface area (Å²) in [5.74, 6) is 0.0852. The van der Waals surface area contributed by atoms with Crippen molar-refractivity contribution in [2.75, 3.05) is 11.9 Å². The van der Waals surface area contributed by atoms with Crippen molar-refractivity contribution in [3.63, 3.8) is 0 Å². The Hall–Kier alpha value is -2.15. The molecule has 2 aromatic heterocycles. The molecule has 0 radical (unpaired) electrons. The highest BCUT2D eigenvalue weighted by Gasteiger charge is 2.10. The van der Waals surface area contributed by atoms with Gasteiger partial charge < -0.3 is 10.4 Å². The zero-order valence-corrected chi connectivity index (χ0v) is 10.9. The molecule has 2 aromatic rings. The number of aromatic nitrogens is 4. The molecular formula is C11H12ClN5O2. The van der Waals surface area contributed by atoms with Gasteiger partial charge in [0.2, 0.25) is 0 Å². The minimum Gasteiger partial charge on any atom is -0.478 e. The average Bonchev–Trinajstić information content (AvgIpc) is 2.77. The molecule has 0 atom stereocenters. The molecule has 0 saturated carbocycles. The lowest BCUT2D eigenvalue weighted by molar-refractivity contribution is 0.0697. The summed E-state index contributed by atoms with van der Waals surface area (Å²) < 4.78 is 1.62. The third-order valence-electron chi connectivity index (χ3n) is 2.39. The number of hydrogen-bond donors (Lipinski definition) is 2. The van der Waals surface area contributed by atoms with Crippen LogP contribution in [-0.4, -0.2) is 37.4 Å². The fourth-order valence-corrected chi connectivity index (χ4v) is 1.68. The summed E-state index contributed by atoms with van der Waals surface area (Å²) in [5, 5.41) is 16.2. The van der Waals surface area contributed by atoms with Crippen molar-refractivity contribution >= 4 is 23.4 Å². The maximum Gasteiger partial charge on any atom is 0.337 e. The number of anilines is 1. The molecule has 2 rings (SSSR count). The van der Waals surface area contributed by atoms with E-state index in [0.29, 0.717) is 24.6 Å². The van der Waals surface area contributed by atoms with Crippen molar-refractivity contribution in [3.05, 3.63) is 35.0 Å². The van der Waals surface area contributed by atoms with Gasteiger partial charge in [0.05, 0.1) is 10.6 Å². The molecular weight excluding hydrogens is 270 g/mol. The monoisotopic (exact) mass is 281 g/mol. The lowest BCUT2D eigenvalue weighted by atomic mass is 10.2. The Balaban J connectivity index is 1.96. The highest BCUT2D eigenvalue weighted by molar-refractivity contribution is 6.33. The second-order valence-electron chi connectivity index (χ2n) is 3.87. The summed E-state index contributed by atoms with van der Waals surface area (Å²) in [4.78, 5) is 19.0. The Morgan fingerprint density at radius 2 is 2.32 bits per heavy atom. The maximum absolute atomic E-state index is 10.9. The van der Waals surface area contributed by atoms with E-state index in [1.54, 1.807) is 18.1 Å². The van der Waals surface area contributed by atoms with E-state index in [9.17, 15) is 4.79 Å². The fourth-order valence-electron chi connectivity index (χ4n) is 1.50. The summed E-state index contributed by atoms with van der Waals surface area (Å²) in [6.45, 7) is 0.553. The van der Waals surface area contributed by atoms with E-state index < -0.39 is 5.97 Å².